The fourth-order valence-electron chi connectivity index (χ4n) is 4.29. The number of thiophene rings is 1. The van der Waals surface area contributed by atoms with Crippen molar-refractivity contribution in [1.82, 2.24) is 9.97 Å². The van der Waals surface area contributed by atoms with Gasteiger partial charge in [0.05, 0.1) is 22.0 Å². The number of aromatic nitrogens is 2. The third-order valence-electron chi connectivity index (χ3n) is 6.14. The first kappa shape index (κ1) is 24.4. The van der Waals surface area contributed by atoms with E-state index in [9.17, 15) is 14.9 Å². The van der Waals surface area contributed by atoms with Crippen LogP contribution in [-0.2, 0) is 0 Å². The molecule has 0 spiro atoms. The van der Waals surface area contributed by atoms with Crippen LogP contribution >= 0.6 is 22.7 Å². The number of amides is 1. The Morgan fingerprint density at radius 1 is 0.846 bits per heavy atom. The van der Waals surface area contributed by atoms with E-state index in [4.69, 9.17) is 10.7 Å². The van der Waals surface area contributed by atoms with Gasteiger partial charge in [-0.1, -0.05) is 72.8 Å². The number of pyridine rings is 1. The highest BCUT2D eigenvalue weighted by atomic mass is 32.1. The van der Waals surface area contributed by atoms with E-state index in [-0.39, 0.29) is 5.69 Å². The molecule has 0 radical (unpaired) electrons. The van der Waals surface area contributed by atoms with Crippen LogP contribution in [-0.4, -0.2) is 20.8 Å². The number of hydrogen-bond donors (Lipinski definition) is 2. The maximum absolute atomic E-state index is 13.4. The summed E-state index contributed by atoms with van der Waals surface area (Å²) in [6.07, 6.45) is 0. The highest BCUT2D eigenvalue weighted by Crippen LogP contribution is 2.41. The zero-order chi connectivity index (χ0) is 26.9. The minimum absolute atomic E-state index is 0.0271. The van der Waals surface area contributed by atoms with Gasteiger partial charge in [-0.25, -0.2) is 9.97 Å². The Kier molecular flexibility index (Phi) is 6.31. The maximum Gasteiger partial charge on any atom is 0.270 e. The number of nitro groups is 1. The van der Waals surface area contributed by atoms with Crippen LogP contribution in [0.15, 0.2) is 96.4 Å². The second-order valence-corrected chi connectivity index (χ2v) is 10.5. The number of rotatable bonds is 6. The number of nitrogens with zero attached hydrogens (tertiary/aromatic N) is 3. The number of nitrogens with one attached hydrogen (secondary N) is 1. The monoisotopic (exact) mass is 549 g/mol. The van der Waals surface area contributed by atoms with Crippen molar-refractivity contribution in [3.63, 3.8) is 0 Å². The minimum Gasteiger partial charge on any atom is -0.397 e. The first-order chi connectivity index (χ1) is 19.0. The van der Waals surface area contributed by atoms with Crippen molar-refractivity contribution in [2.75, 3.05) is 11.1 Å². The Bertz CT molecular complexity index is 1850. The Labute approximate surface area is 230 Å². The molecule has 1 amide bonds. The van der Waals surface area contributed by atoms with Crippen molar-refractivity contribution in [3.05, 3.63) is 111 Å². The van der Waals surface area contributed by atoms with Crippen LogP contribution in [0.1, 0.15) is 9.67 Å². The van der Waals surface area contributed by atoms with E-state index in [0.717, 1.165) is 27.8 Å². The Morgan fingerprint density at radius 2 is 1.54 bits per heavy atom. The molecule has 0 unspecified atom stereocenters. The molecule has 3 aromatic carbocycles. The van der Waals surface area contributed by atoms with Gasteiger partial charge in [0.15, 0.2) is 5.13 Å². The lowest BCUT2D eigenvalue weighted by atomic mass is 9.99. The number of nitrogens with two attached hydrogens (primary N) is 1. The Morgan fingerprint density at radius 3 is 2.26 bits per heavy atom. The highest BCUT2D eigenvalue weighted by molar-refractivity contribution is 7.21. The van der Waals surface area contributed by atoms with Gasteiger partial charge in [-0.2, -0.15) is 0 Å². The molecule has 0 fully saturated rings. The van der Waals surface area contributed by atoms with Gasteiger partial charge < -0.3 is 5.73 Å². The molecule has 8 nitrogen and oxygen atoms in total. The highest BCUT2D eigenvalue weighted by Gasteiger charge is 2.22. The fourth-order valence-corrected chi connectivity index (χ4v) is 6.02. The van der Waals surface area contributed by atoms with Crippen LogP contribution < -0.4 is 11.1 Å². The molecular formula is C29H19N5O3S2. The zero-order valence-electron chi connectivity index (χ0n) is 20.2. The first-order valence-electron chi connectivity index (χ1n) is 11.8. The molecule has 10 heteroatoms. The van der Waals surface area contributed by atoms with Gasteiger partial charge in [0.25, 0.3) is 11.6 Å². The molecule has 0 aliphatic heterocycles. The molecule has 0 saturated heterocycles. The van der Waals surface area contributed by atoms with E-state index in [1.54, 1.807) is 17.5 Å². The summed E-state index contributed by atoms with van der Waals surface area (Å²) < 4.78 is 0. The number of nitro benzene ring substituents is 1. The van der Waals surface area contributed by atoms with Gasteiger partial charge in [-0.3, -0.25) is 20.2 Å². The second kappa shape index (κ2) is 10.1. The van der Waals surface area contributed by atoms with Gasteiger partial charge in [0, 0.05) is 34.0 Å². The lowest BCUT2D eigenvalue weighted by molar-refractivity contribution is -0.384. The average molecular weight is 550 g/mol. The Balaban J connectivity index is 1.37. The molecule has 3 aromatic heterocycles. The van der Waals surface area contributed by atoms with Crippen molar-refractivity contribution < 1.29 is 9.72 Å². The summed E-state index contributed by atoms with van der Waals surface area (Å²) in [4.78, 5) is 34.4. The van der Waals surface area contributed by atoms with Gasteiger partial charge in [0.1, 0.15) is 9.71 Å². The number of non-ortho nitro benzene ring substituents is 1. The van der Waals surface area contributed by atoms with Crippen molar-refractivity contribution in [3.8, 4) is 33.6 Å². The van der Waals surface area contributed by atoms with Gasteiger partial charge in [0.2, 0.25) is 0 Å². The molecule has 6 aromatic rings. The SMILES string of the molecule is Nc1c(C(=O)Nc2nc(-c3cccc([N+](=O)[O-])c3)cs2)sc2nc(-c3ccccc3)cc(-c3ccccc3)c12. The normalized spacial score (nSPS) is 11.0. The van der Waals surface area contributed by atoms with Gasteiger partial charge >= 0.3 is 0 Å². The average Bonchev–Trinajstić information content (AvgIpc) is 3.58. The van der Waals surface area contributed by atoms with E-state index in [1.165, 1.54) is 34.8 Å². The molecule has 6 rings (SSSR count). The van der Waals surface area contributed by atoms with Crippen LogP contribution in [0, 0.1) is 10.1 Å². The summed E-state index contributed by atoms with van der Waals surface area (Å²) in [5.41, 5.74) is 11.7. The number of benzene rings is 3. The maximum atomic E-state index is 13.4. The van der Waals surface area contributed by atoms with Gasteiger partial charge in [-0.05, 0) is 17.2 Å². The van der Waals surface area contributed by atoms with Crippen molar-refractivity contribution in [2.45, 2.75) is 0 Å². The predicted molar refractivity (Wildman–Crippen MR) is 157 cm³/mol. The van der Waals surface area contributed by atoms with E-state index < -0.39 is 10.8 Å². The third-order valence-corrected chi connectivity index (χ3v) is 7.99. The largest absolute Gasteiger partial charge is 0.397 e. The standard InChI is InChI=1S/C29H19N5O3S2/c30-25-24-21(17-8-3-1-4-9-17)15-22(18-10-5-2-6-11-18)31-28(24)39-26(25)27(35)33-29-32-23(16-38-29)19-12-7-13-20(14-19)34(36)37/h1-16H,30H2,(H,32,33,35). The predicted octanol–water partition coefficient (Wildman–Crippen LogP) is 7.50. The molecule has 190 valence electrons. The van der Waals surface area contributed by atoms with Crippen molar-refractivity contribution >= 4 is 55.3 Å². The molecule has 0 aliphatic rings. The number of anilines is 2. The van der Waals surface area contributed by atoms with E-state index in [1.807, 2.05) is 66.7 Å². The molecular weight excluding hydrogens is 530 g/mol. The summed E-state index contributed by atoms with van der Waals surface area (Å²) in [7, 11) is 0. The lowest BCUT2D eigenvalue weighted by Crippen LogP contribution is -2.11. The third kappa shape index (κ3) is 4.74. The number of nitrogen functional groups attached to an aromatic ring is 1. The van der Waals surface area contributed by atoms with Crippen LogP contribution in [0.2, 0.25) is 0 Å². The van der Waals surface area contributed by atoms with E-state index in [0.29, 0.717) is 31.8 Å². The molecule has 39 heavy (non-hydrogen) atoms. The minimum atomic E-state index is -0.455. The molecule has 3 heterocycles. The number of carbonyl (C=O) groups excluding carboxylic acids is 1. The molecule has 0 aliphatic carbocycles. The van der Waals surface area contributed by atoms with E-state index in [2.05, 4.69) is 10.3 Å². The summed E-state index contributed by atoms with van der Waals surface area (Å²) in [5, 5.41) is 16.8. The topological polar surface area (TPSA) is 124 Å². The lowest BCUT2D eigenvalue weighted by Gasteiger charge is -2.09. The summed E-state index contributed by atoms with van der Waals surface area (Å²) in [6.45, 7) is 0. The van der Waals surface area contributed by atoms with Gasteiger partial charge in [-0.15, -0.1) is 22.7 Å². The summed E-state index contributed by atoms with van der Waals surface area (Å²) in [5.74, 6) is -0.393. The van der Waals surface area contributed by atoms with Crippen molar-refractivity contribution in [1.29, 1.82) is 0 Å². The number of carbonyl (C=O) groups is 1. The van der Waals surface area contributed by atoms with Crippen LogP contribution in [0.3, 0.4) is 0 Å². The summed E-state index contributed by atoms with van der Waals surface area (Å²) in [6, 6.07) is 28.0. The zero-order valence-corrected chi connectivity index (χ0v) is 21.8. The quantitative estimate of drug-likeness (QED) is 0.164. The van der Waals surface area contributed by atoms with Crippen LogP contribution in [0.4, 0.5) is 16.5 Å². The molecule has 3 N–H and O–H groups in total. The number of hydrogen-bond acceptors (Lipinski definition) is 8. The second-order valence-electron chi connectivity index (χ2n) is 8.61. The number of fused-ring (bicyclic) bond motifs is 1. The fraction of sp³-hybridized carbons (Fsp3) is 0. The molecule has 0 saturated carbocycles. The first-order valence-corrected chi connectivity index (χ1v) is 13.5. The smallest absolute Gasteiger partial charge is 0.270 e. The number of thiazole rings is 1. The van der Waals surface area contributed by atoms with E-state index >= 15 is 0 Å². The van der Waals surface area contributed by atoms with Crippen LogP contribution in [0.25, 0.3) is 43.9 Å². The van der Waals surface area contributed by atoms with Crippen molar-refractivity contribution in [2.24, 2.45) is 0 Å². The molecule has 0 bridgehead atoms. The van der Waals surface area contributed by atoms with Crippen LogP contribution in [0.5, 0.6) is 0 Å². The molecule has 0 atom stereocenters. The Hall–Kier alpha value is -4.93. The summed E-state index contributed by atoms with van der Waals surface area (Å²) >= 11 is 2.46.